The van der Waals surface area contributed by atoms with Crippen molar-refractivity contribution in [3.8, 4) is 5.75 Å². The highest BCUT2D eigenvalue weighted by atomic mass is 16.6. The summed E-state index contributed by atoms with van der Waals surface area (Å²) in [6, 6.07) is 15.2. The zero-order chi connectivity index (χ0) is 22.1. The van der Waals surface area contributed by atoms with Gasteiger partial charge in [0.15, 0.2) is 5.65 Å². The molecule has 0 radical (unpaired) electrons. The van der Waals surface area contributed by atoms with Crippen molar-refractivity contribution < 1.29 is 19.0 Å². The van der Waals surface area contributed by atoms with Crippen LogP contribution in [0.4, 0.5) is 5.82 Å². The summed E-state index contributed by atoms with van der Waals surface area (Å²) in [5.41, 5.74) is 10.0. The molecule has 0 aliphatic carbocycles. The lowest BCUT2D eigenvalue weighted by atomic mass is 10.2. The summed E-state index contributed by atoms with van der Waals surface area (Å²) >= 11 is 0. The summed E-state index contributed by atoms with van der Waals surface area (Å²) in [5.74, 6) is 0.468. The van der Waals surface area contributed by atoms with Gasteiger partial charge >= 0.3 is 5.97 Å². The Bertz CT molecular complexity index is 1290. The van der Waals surface area contributed by atoms with E-state index in [4.69, 9.17) is 29.9 Å². The molecule has 1 atom stereocenters. The first-order chi connectivity index (χ1) is 15.7. The monoisotopic (exact) mass is 432 g/mol. The SMILES string of the molecule is COc1ccccc1Cn1c(N)c(C(=O)OCC2CCCO2)c2nc3ccccc3nc21. The summed E-state index contributed by atoms with van der Waals surface area (Å²) in [6.07, 6.45) is 1.78. The van der Waals surface area contributed by atoms with Crippen LogP contribution < -0.4 is 10.5 Å². The largest absolute Gasteiger partial charge is 0.496 e. The van der Waals surface area contributed by atoms with Crippen LogP contribution >= 0.6 is 0 Å². The first-order valence-corrected chi connectivity index (χ1v) is 10.6. The van der Waals surface area contributed by atoms with Crippen LogP contribution in [0.25, 0.3) is 22.2 Å². The molecule has 2 aromatic heterocycles. The van der Waals surface area contributed by atoms with Crippen molar-refractivity contribution in [3.63, 3.8) is 0 Å². The number of hydrogen-bond acceptors (Lipinski definition) is 7. The number of nitrogen functional groups attached to an aromatic ring is 1. The molecular formula is C24H24N4O4. The second-order valence-corrected chi connectivity index (χ2v) is 7.78. The van der Waals surface area contributed by atoms with Crippen LogP contribution in [0.5, 0.6) is 5.75 Å². The number of fused-ring (bicyclic) bond motifs is 2. The molecule has 1 aliphatic heterocycles. The second kappa shape index (κ2) is 8.47. The Morgan fingerprint density at radius 3 is 2.66 bits per heavy atom. The Morgan fingerprint density at radius 1 is 1.16 bits per heavy atom. The van der Waals surface area contributed by atoms with Gasteiger partial charge in [-0.15, -0.1) is 0 Å². The van der Waals surface area contributed by atoms with E-state index < -0.39 is 5.97 Å². The summed E-state index contributed by atoms with van der Waals surface area (Å²) < 4.78 is 18.4. The van der Waals surface area contributed by atoms with Gasteiger partial charge in [0.1, 0.15) is 29.3 Å². The molecule has 0 amide bonds. The average Bonchev–Trinajstić information content (AvgIpc) is 3.43. The standard InChI is InChI=1S/C24H24N4O4/c1-30-19-11-5-2-7-15(19)13-28-22(25)20(24(29)32-14-16-8-6-12-31-16)21-23(28)27-18-10-4-3-9-17(18)26-21/h2-5,7,9-11,16H,6,8,12-14,25H2,1H3. The minimum absolute atomic E-state index is 0.0750. The molecular weight excluding hydrogens is 408 g/mol. The van der Waals surface area contributed by atoms with Crippen molar-refractivity contribution in [2.75, 3.05) is 26.1 Å². The summed E-state index contributed by atoms with van der Waals surface area (Å²) in [4.78, 5) is 22.6. The van der Waals surface area contributed by atoms with Gasteiger partial charge in [0.2, 0.25) is 0 Å². The number of ether oxygens (including phenoxy) is 3. The van der Waals surface area contributed by atoms with Crippen LogP contribution in [0.1, 0.15) is 28.8 Å². The number of rotatable bonds is 6. The van der Waals surface area contributed by atoms with Crippen molar-refractivity contribution in [2.24, 2.45) is 0 Å². The van der Waals surface area contributed by atoms with E-state index in [0.29, 0.717) is 29.8 Å². The predicted octanol–water partition coefficient (Wildman–Crippen LogP) is 3.56. The molecule has 3 heterocycles. The molecule has 8 nitrogen and oxygen atoms in total. The summed E-state index contributed by atoms with van der Waals surface area (Å²) in [5, 5.41) is 0. The maximum Gasteiger partial charge on any atom is 0.344 e. The van der Waals surface area contributed by atoms with Crippen molar-refractivity contribution in [1.29, 1.82) is 0 Å². The van der Waals surface area contributed by atoms with E-state index in [0.717, 1.165) is 29.7 Å². The Labute approximate surface area is 184 Å². The van der Waals surface area contributed by atoms with Crippen molar-refractivity contribution in [3.05, 3.63) is 59.7 Å². The number of nitrogens with zero attached hydrogens (tertiary/aromatic N) is 3. The van der Waals surface area contributed by atoms with Gasteiger partial charge in [-0.1, -0.05) is 30.3 Å². The fourth-order valence-corrected chi connectivity index (χ4v) is 4.10. The molecule has 0 saturated carbocycles. The fourth-order valence-electron chi connectivity index (χ4n) is 4.10. The Kier molecular flexibility index (Phi) is 5.36. The molecule has 2 N–H and O–H groups in total. The zero-order valence-electron chi connectivity index (χ0n) is 17.8. The van der Waals surface area contributed by atoms with Crippen LogP contribution in [0.3, 0.4) is 0 Å². The smallest absolute Gasteiger partial charge is 0.344 e. The van der Waals surface area contributed by atoms with E-state index in [-0.39, 0.29) is 24.1 Å². The molecule has 164 valence electrons. The number of methoxy groups -OCH3 is 1. The molecule has 32 heavy (non-hydrogen) atoms. The minimum Gasteiger partial charge on any atom is -0.496 e. The molecule has 1 unspecified atom stereocenters. The van der Waals surface area contributed by atoms with E-state index in [9.17, 15) is 4.79 Å². The Balaban J connectivity index is 1.61. The third-order valence-corrected chi connectivity index (χ3v) is 5.74. The molecule has 1 fully saturated rings. The highest BCUT2D eigenvalue weighted by Crippen LogP contribution is 2.31. The number of hydrogen-bond donors (Lipinski definition) is 1. The number of aromatic nitrogens is 3. The summed E-state index contributed by atoms with van der Waals surface area (Å²) in [7, 11) is 1.62. The second-order valence-electron chi connectivity index (χ2n) is 7.78. The van der Waals surface area contributed by atoms with Crippen LogP contribution in [0.2, 0.25) is 0 Å². The quantitative estimate of drug-likeness (QED) is 0.465. The van der Waals surface area contributed by atoms with Crippen molar-refractivity contribution in [2.45, 2.75) is 25.5 Å². The van der Waals surface area contributed by atoms with Gasteiger partial charge in [-0.05, 0) is 31.0 Å². The summed E-state index contributed by atoms with van der Waals surface area (Å²) in [6.45, 7) is 1.26. The molecule has 1 saturated heterocycles. The number of nitrogens with two attached hydrogens (primary N) is 1. The van der Waals surface area contributed by atoms with Gasteiger partial charge in [-0.3, -0.25) is 0 Å². The van der Waals surface area contributed by atoms with Crippen LogP contribution in [0.15, 0.2) is 48.5 Å². The zero-order valence-corrected chi connectivity index (χ0v) is 17.8. The Morgan fingerprint density at radius 2 is 1.91 bits per heavy atom. The lowest BCUT2D eigenvalue weighted by Gasteiger charge is -2.12. The molecule has 1 aliphatic rings. The van der Waals surface area contributed by atoms with Gasteiger partial charge in [-0.2, -0.15) is 0 Å². The van der Waals surface area contributed by atoms with Gasteiger partial charge in [0.25, 0.3) is 0 Å². The van der Waals surface area contributed by atoms with Gasteiger partial charge in [0.05, 0.1) is 30.8 Å². The lowest BCUT2D eigenvalue weighted by molar-refractivity contribution is 0.0163. The van der Waals surface area contributed by atoms with E-state index in [1.807, 2.05) is 48.5 Å². The van der Waals surface area contributed by atoms with Crippen LogP contribution in [-0.2, 0) is 16.0 Å². The van der Waals surface area contributed by atoms with E-state index in [2.05, 4.69) is 0 Å². The van der Waals surface area contributed by atoms with Gasteiger partial charge < -0.3 is 24.5 Å². The molecule has 8 heteroatoms. The van der Waals surface area contributed by atoms with Crippen LogP contribution in [0, 0.1) is 0 Å². The van der Waals surface area contributed by atoms with Crippen molar-refractivity contribution in [1.82, 2.24) is 14.5 Å². The molecule has 0 spiro atoms. The number of para-hydroxylation sites is 3. The van der Waals surface area contributed by atoms with E-state index >= 15 is 0 Å². The third kappa shape index (κ3) is 3.62. The predicted molar refractivity (Wildman–Crippen MR) is 121 cm³/mol. The third-order valence-electron chi connectivity index (χ3n) is 5.74. The highest BCUT2D eigenvalue weighted by Gasteiger charge is 2.27. The minimum atomic E-state index is -0.522. The average molecular weight is 432 g/mol. The maximum atomic E-state index is 13.1. The first-order valence-electron chi connectivity index (χ1n) is 10.6. The molecule has 0 bridgehead atoms. The maximum absolute atomic E-state index is 13.1. The normalized spacial score (nSPS) is 16.0. The first kappa shape index (κ1) is 20.3. The van der Waals surface area contributed by atoms with Crippen molar-refractivity contribution >= 4 is 34.0 Å². The lowest BCUT2D eigenvalue weighted by Crippen LogP contribution is -2.18. The van der Waals surface area contributed by atoms with E-state index in [1.165, 1.54) is 0 Å². The highest BCUT2D eigenvalue weighted by molar-refractivity contribution is 6.08. The fraction of sp³-hybridized carbons (Fsp3) is 0.292. The number of benzene rings is 2. The van der Waals surface area contributed by atoms with Gasteiger partial charge in [-0.25, -0.2) is 14.8 Å². The number of anilines is 1. The number of esters is 1. The van der Waals surface area contributed by atoms with Gasteiger partial charge in [0, 0.05) is 12.2 Å². The van der Waals surface area contributed by atoms with Crippen LogP contribution in [-0.4, -0.2) is 46.9 Å². The Hall–Kier alpha value is -3.65. The van der Waals surface area contributed by atoms with E-state index in [1.54, 1.807) is 11.7 Å². The molecule has 4 aromatic rings. The number of carbonyl (C=O) groups is 1. The molecule has 2 aromatic carbocycles. The number of carbonyl (C=O) groups excluding carboxylic acids is 1. The topological polar surface area (TPSA) is 101 Å². The molecule has 5 rings (SSSR count).